The van der Waals surface area contributed by atoms with Gasteiger partial charge in [-0.1, -0.05) is 0 Å². The summed E-state index contributed by atoms with van der Waals surface area (Å²) >= 11 is 0. The molecule has 1 amide bonds. The quantitative estimate of drug-likeness (QED) is 0.854. The molecule has 2 N–H and O–H groups in total. The van der Waals surface area contributed by atoms with Crippen LogP contribution in [0.3, 0.4) is 0 Å². The van der Waals surface area contributed by atoms with Gasteiger partial charge in [-0.05, 0) is 26.2 Å². The summed E-state index contributed by atoms with van der Waals surface area (Å²) in [7, 11) is 0. The van der Waals surface area contributed by atoms with E-state index in [0.717, 1.165) is 44.9 Å². The molecule has 2 aliphatic rings. The lowest BCUT2D eigenvalue weighted by Gasteiger charge is -2.22. The number of ether oxygens (including phenoxy) is 1. The third-order valence-corrected chi connectivity index (χ3v) is 3.79. The summed E-state index contributed by atoms with van der Waals surface area (Å²) in [5.41, 5.74) is 0.263. The molecule has 1 unspecified atom stereocenters. The second kappa shape index (κ2) is 4.85. The van der Waals surface area contributed by atoms with Crippen molar-refractivity contribution in [1.29, 1.82) is 0 Å². The van der Waals surface area contributed by atoms with E-state index in [1.54, 1.807) is 0 Å². The Kier molecular flexibility index (Phi) is 3.18. The van der Waals surface area contributed by atoms with Gasteiger partial charge in [-0.2, -0.15) is 0 Å². The summed E-state index contributed by atoms with van der Waals surface area (Å²) in [6.07, 6.45) is 4.94. The number of hydrogen-bond donors (Lipinski definition) is 2. The van der Waals surface area contributed by atoms with Crippen LogP contribution < -0.4 is 10.6 Å². The van der Waals surface area contributed by atoms with Crippen molar-refractivity contribution >= 4 is 11.9 Å². The fourth-order valence-electron chi connectivity index (χ4n) is 2.62. The molecule has 3 rings (SSSR count). The maximum absolute atomic E-state index is 12.1. The van der Waals surface area contributed by atoms with Gasteiger partial charge in [0.05, 0.1) is 5.60 Å². The SMILES string of the molecule is CC1(CNC(=O)c2cn3c(n2)NCCC3)CCCO1. The van der Waals surface area contributed by atoms with Gasteiger partial charge in [0.25, 0.3) is 5.91 Å². The van der Waals surface area contributed by atoms with E-state index in [9.17, 15) is 4.79 Å². The molecule has 0 bridgehead atoms. The molecule has 6 heteroatoms. The smallest absolute Gasteiger partial charge is 0.271 e. The Morgan fingerprint density at radius 1 is 1.63 bits per heavy atom. The van der Waals surface area contributed by atoms with Crippen molar-refractivity contribution < 1.29 is 9.53 Å². The molecule has 104 valence electrons. The molecule has 2 aliphatic heterocycles. The van der Waals surface area contributed by atoms with Crippen LogP contribution >= 0.6 is 0 Å². The van der Waals surface area contributed by atoms with Crippen molar-refractivity contribution in [1.82, 2.24) is 14.9 Å². The van der Waals surface area contributed by atoms with E-state index in [2.05, 4.69) is 15.6 Å². The zero-order valence-corrected chi connectivity index (χ0v) is 11.2. The maximum atomic E-state index is 12.1. The minimum Gasteiger partial charge on any atom is -0.373 e. The van der Waals surface area contributed by atoms with Crippen LogP contribution in [0.5, 0.6) is 0 Å². The van der Waals surface area contributed by atoms with Gasteiger partial charge in [0.15, 0.2) is 0 Å². The van der Waals surface area contributed by atoms with E-state index in [1.807, 2.05) is 17.7 Å². The summed E-state index contributed by atoms with van der Waals surface area (Å²) in [5, 5.41) is 6.11. The number of hydrogen-bond acceptors (Lipinski definition) is 4. The van der Waals surface area contributed by atoms with Crippen LogP contribution in [0.1, 0.15) is 36.7 Å². The summed E-state index contributed by atoms with van der Waals surface area (Å²) in [5.74, 6) is 0.667. The normalized spacial score (nSPS) is 25.7. The highest BCUT2D eigenvalue weighted by Crippen LogP contribution is 2.24. The highest BCUT2D eigenvalue weighted by atomic mass is 16.5. The molecule has 0 aromatic carbocycles. The maximum Gasteiger partial charge on any atom is 0.271 e. The second-order valence-electron chi connectivity index (χ2n) is 5.51. The number of imidazole rings is 1. The molecular formula is C13H20N4O2. The fourth-order valence-corrected chi connectivity index (χ4v) is 2.62. The molecule has 1 aromatic rings. The van der Waals surface area contributed by atoms with Gasteiger partial charge in [-0.15, -0.1) is 0 Å². The van der Waals surface area contributed by atoms with Crippen molar-refractivity contribution in [2.24, 2.45) is 0 Å². The number of aromatic nitrogens is 2. The molecule has 0 spiro atoms. The lowest BCUT2D eigenvalue weighted by Crippen LogP contribution is -2.40. The van der Waals surface area contributed by atoms with E-state index in [-0.39, 0.29) is 11.5 Å². The summed E-state index contributed by atoms with van der Waals surface area (Å²) in [6.45, 7) is 5.21. The standard InChI is InChI=1S/C13H20N4O2/c1-13(4-2-7-19-13)9-15-11(18)10-8-17-6-3-5-14-12(17)16-10/h8H,2-7,9H2,1H3,(H,14,16)(H,15,18). The summed E-state index contributed by atoms with van der Waals surface area (Å²) < 4.78 is 7.65. The number of fused-ring (bicyclic) bond motifs is 1. The molecule has 0 saturated carbocycles. The highest BCUT2D eigenvalue weighted by Gasteiger charge is 2.30. The topological polar surface area (TPSA) is 68.2 Å². The van der Waals surface area contributed by atoms with Crippen LogP contribution in [0.25, 0.3) is 0 Å². The zero-order chi connectivity index (χ0) is 13.3. The van der Waals surface area contributed by atoms with Crippen molar-refractivity contribution in [3.63, 3.8) is 0 Å². The van der Waals surface area contributed by atoms with Gasteiger partial charge in [0, 0.05) is 32.4 Å². The molecule has 1 saturated heterocycles. The number of nitrogens with one attached hydrogen (secondary N) is 2. The minimum atomic E-state index is -0.215. The Morgan fingerprint density at radius 2 is 2.53 bits per heavy atom. The van der Waals surface area contributed by atoms with Crippen LogP contribution in [-0.2, 0) is 11.3 Å². The first kappa shape index (κ1) is 12.5. The van der Waals surface area contributed by atoms with Crippen LogP contribution in [-0.4, -0.2) is 40.8 Å². The predicted molar refractivity (Wildman–Crippen MR) is 71.3 cm³/mol. The third-order valence-electron chi connectivity index (χ3n) is 3.79. The van der Waals surface area contributed by atoms with Gasteiger partial charge in [0.1, 0.15) is 5.69 Å². The number of rotatable bonds is 3. The lowest BCUT2D eigenvalue weighted by atomic mass is 10.0. The van der Waals surface area contributed by atoms with E-state index < -0.39 is 0 Å². The zero-order valence-electron chi connectivity index (χ0n) is 11.2. The molecule has 0 radical (unpaired) electrons. The molecule has 6 nitrogen and oxygen atoms in total. The molecule has 1 atom stereocenters. The summed E-state index contributed by atoms with van der Waals surface area (Å²) in [4.78, 5) is 16.4. The first-order valence-electron chi connectivity index (χ1n) is 6.90. The Labute approximate surface area is 112 Å². The molecule has 1 fully saturated rings. The lowest BCUT2D eigenvalue weighted by molar-refractivity contribution is 0.0205. The Balaban J connectivity index is 1.62. The average molecular weight is 264 g/mol. The minimum absolute atomic E-state index is 0.125. The van der Waals surface area contributed by atoms with Gasteiger partial charge in [-0.3, -0.25) is 4.79 Å². The molecule has 3 heterocycles. The molecule has 0 aliphatic carbocycles. The van der Waals surface area contributed by atoms with E-state index in [4.69, 9.17) is 4.74 Å². The van der Waals surface area contributed by atoms with E-state index in [1.165, 1.54) is 0 Å². The average Bonchev–Trinajstić information content (AvgIpc) is 3.02. The van der Waals surface area contributed by atoms with E-state index in [0.29, 0.717) is 12.2 Å². The van der Waals surface area contributed by atoms with Gasteiger partial charge >= 0.3 is 0 Å². The second-order valence-corrected chi connectivity index (χ2v) is 5.51. The van der Waals surface area contributed by atoms with Crippen LogP contribution in [0.2, 0.25) is 0 Å². The van der Waals surface area contributed by atoms with Crippen LogP contribution in [0.15, 0.2) is 6.20 Å². The largest absolute Gasteiger partial charge is 0.373 e. The van der Waals surface area contributed by atoms with E-state index >= 15 is 0 Å². The third kappa shape index (κ3) is 2.58. The number of carbonyl (C=O) groups is 1. The van der Waals surface area contributed by atoms with Crippen LogP contribution in [0, 0.1) is 0 Å². The Morgan fingerprint density at radius 3 is 3.26 bits per heavy atom. The molecule has 19 heavy (non-hydrogen) atoms. The van der Waals surface area contributed by atoms with Crippen molar-refractivity contribution in [3.05, 3.63) is 11.9 Å². The van der Waals surface area contributed by atoms with Crippen molar-refractivity contribution in [2.45, 2.75) is 38.3 Å². The first-order valence-corrected chi connectivity index (χ1v) is 6.90. The number of anilines is 1. The number of carbonyl (C=O) groups excluding carboxylic acids is 1. The monoisotopic (exact) mass is 264 g/mol. The predicted octanol–water partition coefficient (Wildman–Crippen LogP) is 0.998. The summed E-state index contributed by atoms with van der Waals surface area (Å²) in [6, 6.07) is 0. The molecular weight excluding hydrogens is 244 g/mol. The van der Waals surface area contributed by atoms with Gasteiger partial charge in [0.2, 0.25) is 5.95 Å². The molecule has 1 aromatic heterocycles. The Bertz CT molecular complexity index is 453. The Hall–Kier alpha value is -1.56. The van der Waals surface area contributed by atoms with Crippen molar-refractivity contribution in [2.75, 3.05) is 25.0 Å². The first-order chi connectivity index (χ1) is 9.16. The van der Waals surface area contributed by atoms with Crippen molar-refractivity contribution in [3.8, 4) is 0 Å². The number of amides is 1. The number of aryl methyl sites for hydroxylation is 1. The number of nitrogens with zero attached hydrogens (tertiary/aromatic N) is 2. The highest BCUT2D eigenvalue weighted by molar-refractivity contribution is 5.92. The fraction of sp³-hybridized carbons (Fsp3) is 0.692. The van der Waals surface area contributed by atoms with Gasteiger partial charge < -0.3 is 19.9 Å². The van der Waals surface area contributed by atoms with Gasteiger partial charge in [-0.25, -0.2) is 4.98 Å². The van der Waals surface area contributed by atoms with Crippen LogP contribution in [0.4, 0.5) is 5.95 Å².